The van der Waals surface area contributed by atoms with Crippen LogP contribution in [0.1, 0.15) is 27.9 Å². The molecule has 1 aromatic heterocycles. The smallest absolute Gasteiger partial charge is 0.305 e. The average molecular weight is 521 g/mol. The number of carboxylic acid groups (broad SMARTS) is 1. The van der Waals surface area contributed by atoms with Crippen molar-refractivity contribution in [3.63, 3.8) is 0 Å². The van der Waals surface area contributed by atoms with E-state index >= 15 is 0 Å². The second kappa shape index (κ2) is 12.2. The Morgan fingerprint density at radius 2 is 1.79 bits per heavy atom. The fourth-order valence-electron chi connectivity index (χ4n) is 3.56. The van der Waals surface area contributed by atoms with E-state index in [2.05, 4.69) is 20.9 Å². The van der Waals surface area contributed by atoms with Crippen molar-refractivity contribution in [2.24, 2.45) is 5.73 Å². The van der Waals surface area contributed by atoms with E-state index in [1.807, 2.05) is 0 Å². The number of nitrogens with one attached hydrogen (secondary N) is 4. The number of carbonyl (C=O) groups excluding carboxylic acids is 2. The lowest BCUT2D eigenvalue weighted by atomic mass is 10.1. The molecule has 38 heavy (non-hydrogen) atoms. The van der Waals surface area contributed by atoms with Gasteiger partial charge in [-0.2, -0.15) is 0 Å². The van der Waals surface area contributed by atoms with Crippen molar-refractivity contribution < 1.29 is 19.5 Å². The number of aliphatic carboxylic acids is 1. The van der Waals surface area contributed by atoms with Crippen LogP contribution in [0.5, 0.6) is 0 Å². The molecule has 0 bridgehead atoms. The zero-order chi connectivity index (χ0) is 27.8. The highest BCUT2D eigenvalue weighted by atomic mass is 16.4. The number of hydrogen-bond donors (Lipinski definition) is 7. The average Bonchev–Trinajstić information content (AvgIpc) is 2.88. The fourth-order valence-corrected chi connectivity index (χ4v) is 3.56. The second-order valence-corrected chi connectivity index (χ2v) is 8.26. The number of benzene rings is 2. The SMILES string of the molecule is CNc1ncc(-c2cc(N)cc(C(=O)NCCC(=O)O)c2)n(CC(=O)NCc2ccc(C(=N)N)cc2)c1=O. The van der Waals surface area contributed by atoms with Gasteiger partial charge in [0.2, 0.25) is 5.91 Å². The number of rotatable bonds is 11. The van der Waals surface area contributed by atoms with Crippen LogP contribution in [0.25, 0.3) is 11.3 Å². The summed E-state index contributed by atoms with van der Waals surface area (Å²) in [6, 6.07) is 11.2. The first kappa shape index (κ1) is 27.4. The number of aromatic nitrogens is 2. The lowest BCUT2D eigenvalue weighted by Crippen LogP contribution is -2.34. The summed E-state index contributed by atoms with van der Waals surface area (Å²) < 4.78 is 1.22. The number of amides is 2. The minimum atomic E-state index is -1.05. The monoisotopic (exact) mass is 520 g/mol. The molecule has 0 atom stereocenters. The van der Waals surface area contributed by atoms with Gasteiger partial charge < -0.3 is 32.5 Å². The first-order chi connectivity index (χ1) is 18.1. The Morgan fingerprint density at radius 3 is 2.42 bits per heavy atom. The lowest BCUT2D eigenvalue weighted by Gasteiger charge is -2.15. The number of amidine groups is 1. The fraction of sp³-hybridized carbons (Fsp3) is 0.200. The number of carboxylic acids is 1. The molecule has 13 nitrogen and oxygen atoms in total. The first-order valence-electron chi connectivity index (χ1n) is 11.5. The largest absolute Gasteiger partial charge is 0.481 e. The third-order valence-corrected chi connectivity index (χ3v) is 5.49. The topological polar surface area (TPSA) is 218 Å². The first-order valence-corrected chi connectivity index (χ1v) is 11.5. The van der Waals surface area contributed by atoms with Crippen molar-refractivity contribution in [3.05, 3.63) is 75.7 Å². The van der Waals surface area contributed by atoms with Gasteiger partial charge in [0.1, 0.15) is 12.4 Å². The summed E-state index contributed by atoms with van der Waals surface area (Å²) in [5.74, 6) is -2.08. The van der Waals surface area contributed by atoms with E-state index in [4.69, 9.17) is 22.0 Å². The van der Waals surface area contributed by atoms with Gasteiger partial charge in [0.15, 0.2) is 5.82 Å². The Balaban J connectivity index is 1.86. The normalized spacial score (nSPS) is 10.4. The highest BCUT2D eigenvalue weighted by Gasteiger charge is 2.17. The predicted octanol–water partition coefficient (Wildman–Crippen LogP) is 0.339. The van der Waals surface area contributed by atoms with Crippen molar-refractivity contribution in [1.82, 2.24) is 20.2 Å². The molecule has 0 aliphatic rings. The molecule has 0 saturated carbocycles. The van der Waals surface area contributed by atoms with Crippen LogP contribution in [0.15, 0.2) is 53.5 Å². The van der Waals surface area contributed by atoms with Gasteiger partial charge in [-0.3, -0.25) is 29.2 Å². The molecule has 1 heterocycles. The van der Waals surface area contributed by atoms with Crippen LogP contribution in [0.2, 0.25) is 0 Å². The Labute approximate surface area is 217 Å². The molecule has 198 valence electrons. The lowest BCUT2D eigenvalue weighted by molar-refractivity contribution is -0.136. The quantitative estimate of drug-likeness (QED) is 0.105. The maximum Gasteiger partial charge on any atom is 0.305 e. The summed E-state index contributed by atoms with van der Waals surface area (Å²) in [7, 11) is 1.53. The van der Waals surface area contributed by atoms with Gasteiger partial charge >= 0.3 is 5.97 Å². The van der Waals surface area contributed by atoms with Gasteiger partial charge in [0.05, 0.1) is 18.3 Å². The van der Waals surface area contributed by atoms with E-state index in [0.717, 1.165) is 5.56 Å². The molecular weight excluding hydrogens is 492 g/mol. The van der Waals surface area contributed by atoms with Gasteiger partial charge in [-0.25, -0.2) is 4.98 Å². The number of anilines is 2. The molecule has 9 N–H and O–H groups in total. The van der Waals surface area contributed by atoms with E-state index in [-0.39, 0.29) is 54.7 Å². The van der Waals surface area contributed by atoms with E-state index in [1.54, 1.807) is 24.3 Å². The highest BCUT2D eigenvalue weighted by Crippen LogP contribution is 2.23. The van der Waals surface area contributed by atoms with Gasteiger partial charge in [0, 0.05) is 42.5 Å². The maximum absolute atomic E-state index is 13.1. The molecule has 3 rings (SSSR count). The van der Waals surface area contributed by atoms with Gasteiger partial charge in [0.25, 0.3) is 11.5 Å². The number of nitrogens with two attached hydrogens (primary N) is 2. The van der Waals surface area contributed by atoms with Gasteiger partial charge in [-0.15, -0.1) is 0 Å². The van der Waals surface area contributed by atoms with E-state index in [1.165, 1.54) is 36.0 Å². The number of nitrogens with zero attached hydrogens (tertiary/aromatic N) is 2. The molecule has 0 fully saturated rings. The predicted molar refractivity (Wildman–Crippen MR) is 142 cm³/mol. The third-order valence-electron chi connectivity index (χ3n) is 5.49. The molecule has 0 spiro atoms. The summed E-state index contributed by atoms with van der Waals surface area (Å²) in [6.45, 7) is -0.227. The molecule has 13 heteroatoms. The van der Waals surface area contributed by atoms with Crippen molar-refractivity contribution in [3.8, 4) is 11.3 Å². The molecule has 0 aliphatic carbocycles. The minimum Gasteiger partial charge on any atom is -0.481 e. The Hall–Kier alpha value is -5.20. The summed E-state index contributed by atoms with van der Waals surface area (Å²) in [5, 5.41) is 24.2. The van der Waals surface area contributed by atoms with Crippen LogP contribution in [-0.4, -0.2) is 51.9 Å². The van der Waals surface area contributed by atoms with Crippen LogP contribution in [0, 0.1) is 5.41 Å². The molecule has 0 radical (unpaired) electrons. The Kier molecular flexibility index (Phi) is 8.77. The molecule has 2 aromatic carbocycles. The molecule has 0 saturated heterocycles. The zero-order valence-electron chi connectivity index (χ0n) is 20.6. The summed E-state index contributed by atoms with van der Waals surface area (Å²) >= 11 is 0. The highest BCUT2D eigenvalue weighted by molar-refractivity contribution is 5.97. The van der Waals surface area contributed by atoms with Crippen LogP contribution >= 0.6 is 0 Å². The Morgan fingerprint density at radius 1 is 1.08 bits per heavy atom. The maximum atomic E-state index is 13.1. The van der Waals surface area contributed by atoms with Crippen molar-refractivity contribution in [1.29, 1.82) is 5.41 Å². The van der Waals surface area contributed by atoms with Crippen LogP contribution < -0.4 is 33.0 Å². The van der Waals surface area contributed by atoms with Crippen molar-refractivity contribution in [2.45, 2.75) is 19.5 Å². The number of carbonyl (C=O) groups is 3. The Bertz CT molecular complexity index is 1430. The molecule has 0 unspecified atom stereocenters. The van der Waals surface area contributed by atoms with Crippen LogP contribution in [-0.2, 0) is 22.7 Å². The van der Waals surface area contributed by atoms with Gasteiger partial charge in [-0.05, 0) is 23.8 Å². The van der Waals surface area contributed by atoms with Crippen LogP contribution in [0.3, 0.4) is 0 Å². The number of nitrogen functional groups attached to an aromatic ring is 2. The van der Waals surface area contributed by atoms with E-state index < -0.39 is 23.3 Å². The second-order valence-electron chi connectivity index (χ2n) is 8.26. The number of hydrogen-bond acceptors (Lipinski definition) is 8. The third kappa shape index (κ3) is 6.94. The van der Waals surface area contributed by atoms with Crippen LogP contribution in [0.4, 0.5) is 11.5 Å². The standard InChI is InChI=1S/C25H28N8O5/c1-29-23-25(38)33(13-20(34)31-11-14-2-4-15(5-3-14)22(27)28)19(12-32-23)16-8-17(10-18(26)9-16)24(37)30-7-6-21(35)36/h2-5,8-10,12H,6-7,11,13,26H2,1H3,(H3,27,28)(H,29,32)(H,30,37)(H,31,34)(H,35,36). The molecular formula is C25H28N8O5. The van der Waals surface area contributed by atoms with Crippen molar-refractivity contribution in [2.75, 3.05) is 24.6 Å². The molecule has 3 aromatic rings. The summed E-state index contributed by atoms with van der Waals surface area (Å²) in [4.78, 5) is 53.3. The summed E-state index contributed by atoms with van der Waals surface area (Å²) in [5.41, 5.74) is 13.2. The molecule has 2 amide bonds. The summed E-state index contributed by atoms with van der Waals surface area (Å²) in [6.07, 6.45) is 1.15. The van der Waals surface area contributed by atoms with Crippen molar-refractivity contribution >= 4 is 35.1 Å². The van der Waals surface area contributed by atoms with E-state index in [9.17, 15) is 19.2 Å². The van der Waals surface area contributed by atoms with E-state index in [0.29, 0.717) is 11.1 Å². The zero-order valence-corrected chi connectivity index (χ0v) is 20.6. The minimum absolute atomic E-state index is 0.0249. The molecule has 0 aliphatic heterocycles. The van der Waals surface area contributed by atoms with Gasteiger partial charge in [-0.1, -0.05) is 24.3 Å².